The fourth-order valence-electron chi connectivity index (χ4n) is 2.44. The van der Waals surface area contributed by atoms with E-state index in [4.69, 9.17) is 9.15 Å². The van der Waals surface area contributed by atoms with E-state index in [1.54, 1.807) is 6.07 Å². The molecule has 3 heteroatoms. The summed E-state index contributed by atoms with van der Waals surface area (Å²) in [5.74, 6) is 0.586. The Kier molecular flexibility index (Phi) is 5.80. The van der Waals surface area contributed by atoms with Gasteiger partial charge >= 0.3 is 5.63 Å². The number of benzene rings is 1. The first-order valence-electron chi connectivity index (χ1n) is 7.92. The van der Waals surface area contributed by atoms with Crippen molar-refractivity contribution in [3.8, 4) is 5.75 Å². The highest BCUT2D eigenvalue weighted by atomic mass is 16.5. The third-order valence-corrected chi connectivity index (χ3v) is 3.70. The maximum absolute atomic E-state index is 11.6. The molecule has 0 aliphatic rings. The van der Waals surface area contributed by atoms with E-state index in [1.807, 2.05) is 19.1 Å². The van der Waals surface area contributed by atoms with Crippen molar-refractivity contribution in [1.82, 2.24) is 0 Å². The lowest BCUT2D eigenvalue weighted by molar-refractivity contribution is 0.362. The molecule has 0 fully saturated rings. The van der Waals surface area contributed by atoms with Crippen LogP contribution in [-0.4, -0.2) is 6.61 Å². The molecule has 1 aromatic carbocycles. The maximum Gasteiger partial charge on any atom is 0.339 e. The summed E-state index contributed by atoms with van der Waals surface area (Å²) in [6, 6.07) is 7.06. The second-order valence-electron chi connectivity index (χ2n) is 6.06. The molecule has 1 heterocycles. The summed E-state index contributed by atoms with van der Waals surface area (Å²) in [5.41, 5.74) is 3.84. The summed E-state index contributed by atoms with van der Waals surface area (Å²) in [7, 11) is 0. The van der Waals surface area contributed by atoms with E-state index in [-0.39, 0.29) is 5.63 Å². The van der Waals surface area contributed by atoms with Gasteiger partial charge in [-0.1, -0.05) is 29.4 Å². The molecule has 0 spiro atoms. The van der Waals surface area contributed by atoms with Gasteiger partial charge in [-0.15, -0.1) is 0 Å². The van der Waals surface area contributed by atoms with Crippen molar-refractivity contribution < 1.29 is 9.15 Å². The Morgan fingerprint density at radius 2 is 2.00 bits per heavy atom. The van der Waals surface area contributed by atoms with Crippen LogP contribution in [0.1, 0.15) is 39.2 Å². The van der Waals surface area contributed by atoms with Crippen LogP contribution in [0.15, 0.2) is 56.8 Å². The molecule has 0 radical (unpaired) electrons. The monoisotopic (exact) mass is 312 g/mol. The molecule has 0 bridgehead atoms. The fraction of sp³-hybridized carbons (Fsp3) is 0.350. The summed E-state index contributed by atoms with van der Waals surface area (Å²) in [5, 5.41) is 0.864. The molecule has 122 valence electrons. The number of fused-ring (bicyclic) bond motifs is 1. The van der Waals surface area contributed by atoms with Gasteiger partial charge in [-0.05, 0) is 58.2 Å². The van der Waals surface area contributed by atoms with Crippen molar-refractivity contribution in [2.45, 2.75) is 40.5 Å². The van der Waals surface area contributed by atoms with Gasteiger partial charge in [-0.3, -0.25) is 0 Å². The third kappa shape index (κ3) is 4.85. The second-order valence-corrected chi connectivity index (χ2v) is 6.06. The van der Waals surface area contributed by atoms with E-state index in [1.165, 1.54) is 17.2 Å². The summed E-state index contributed by atoms with van der Waals surface area (Å²) in [6.07, 6.45) is 6.36. The largest absolute Gasteiger partial charge is 0.488 e. The Balaban J connectivity index is 2.10. The van der Waals surface area contributed by atoms with Crippen molar-refractivity contribution in [1.29, 1.82) is 0 Å². The van der Waals surface area contributed by atoms with E-state index in [0.29, 0.717) is 17.9 Å². The zero-order chi connectivity index (χ0) is 16.8. The van der Waals surface area contributed by atoms with E-state index in [2.05, 4.69) is 32.9 Å². The summed E-state index contributed by atoms with van der Waals surface area (Å²) < 4.78 is 11.1. The first kappa shape index (κ1) is 17.1. The summed E-state index contributed by atoms with van der Waals surface area (Å²) in [6.45, 7) is 8.75. The molecule has 0 saturated heterocycles. The lowest BCUT2D eigenvalue weighted by Crippen LogP contribution is -2.03. The predicted molar refractivity (Wildman–Crippen MR) is 95.1 cm³/mol. The normalized spacial score (nSPS) is 11.6. The van der Waals surface area contributed by atoms with Crippen LogP contribution < -0.4 is 10.4 Å². The fourth-order valence-corrected chi connectivity index (χ4v) is 2.44. The minimum Gasteiger partial charge on any atom is -0.488 e. The molecule has 0 unspecified atom stereocenters. The zero-order valence-electron chi connectivity index (χ0n) is 14.3. The van der Waals surface area contributed by atoms with Gasteiger partial charge in [0.2, 0.25) is 0 Å². The van der Waals surface area contributed by atoms with Crippen molar-refractivity contribution in [2.24, 2.45) is 0 Å². The molecular formula is C20H24O3. The topological polar surface area (TPSA) is 39.4 Å². The number of hydrogen-bond acceptors (Lipinski definition) is 3. The molecular weight excluding hydrogens is 288 g/mol. The van der Waals surface area contributed by atoms with E-state index >= 15 is 0 Å². The molecule has 0 aliphatic heterocycles. The van der Waals surface area contributed by atoms with Crippen molar-refractivity contribution >= 4 is 11.0 Å². The average Bonchev–Trinajstić information content (AvgIpc) is 2.46. The third-order valence-electron chi connectivity index (χ3n) is 3.70. The summed E-state index contributed by atoms with van der Waals surface area (Å²) >= 11 is 0. The molecule has 0 saturated carbocycles. The van der Waals surface area contributed by atoms with Gasteiger partial charge in [0.15, 0.2) is 0 Å². The number of ether oxygens (including phenoxy) is 1. The first-order valence-corrected chi connectivity index (χ1v) is 7.92. The molecule has 0 amide bonds. The van der Waals surface area contributed by atoms with Gasteiger partial charge < -0.3 is 9.15 Å². The first-order chi connectivity index (χ1) is 11.0. The lowest BCUT2D eigenvalue weighted by atomic mass is 10.1. The molecule has 2 aromatic rings. The highest BCUT2D eigenvalue weighted by Crippen LogP contribution is 2.27. The molecule has 0 N–H and O–H groups in total. The van der Waals surface area contributed by atoms with Gasteiger partial charge in [0, 0.05) is 0 Å². The standard InChI is InChI=1S/C20H24O3/c1-14(2)7-5-8-15(3)11-12-22-18-13-19(21)23-17-10-6-9-16(4)20(17)18/h6-7,9-11,13H,5,8,12H2,1-4H3/b15-11+. The Labute approximate surface area is 137 Å². The zero-order valence-corrected chi connectivity index (χ0v) is 14.3. The quantitative estimate of drug-likeness (QED) is 0.545. The van der Waals surface area contributed by atoms with Gasteiger partial charge in [-0.25, -0.2) is 4.79 Å². The summed E-state index contributed by atoms with van der Waals surface area (Å²) in [4.78, 5) is 11.6. The Bertz CT molecular complexity index is 790. The van der Waals surface area contributed by atoms with Crippen LogP contribution in [0.25, 0.3) is 11.0 Å². The molecule has 0 atom stereocenters. The lowest BCUT2D eigenvalue weighted by Gasteiger charge is -2.09. The Morgan fingerprint density at radius 3 is 2.74 bits per heavy atom. The molecule has 23 heavy (non-hydrogen) atoms. The Hall–Kier alpha value is -2.29. The van der Waals surface area contributed by atoms with Crippen LogP contribution >= 0.6 is 0 Å². The molecule has 1 aromatic heterocycles. The number of allylic oxidation sites excluding steroid dienone is 3. The maximum atomic E-state index is 11.6. The van der Waals surface area contributed by atoms with Crippen molar-refractivity contribution in [3.05, 3.63) is 63.5 Å². The van der Waals surface area contributed by atoms with E-state index in [0.717, 1.165) is 23.8 Å². The predicted octanol–water partition coefficient (Wildman–Crippen LogP) is 5.17. The highest BCUT2D eigenvalue weighted by Gasteiger charge is 2.08. The minimum absolute atomic E-state index is 0.387. The van der Waals surface area contributed by atoms with Crippen LogP contribution in [0.4, 0.5) is 0 Å². The Morgan fingerprint density at radius 1 is 1.22 bits per heavy atom. The minimum atomic E-state index is -0.387. The number of rotatable bonds is 6. The van der Waals surface area contributed by atoms with Crippen LogP contribution in [0, 0.1) is 6.92 Å². The number of aryl methyl sites for hydroxylation is 1. The van der Waals surface area contributed by atoms with Crippen LogP contribution in [-0.2, 0) is 0 Å². The van der Waals surface area contributed by atoms with Crippen LogP contribution in [0.2, 0.25) is 0 Å². The average molecular weight is 312 g/mol. The van der Waals surface area contributed by atoms with Crippen molar-refractivity contribution in [3.63, 3.8) is 0 Å². The SMILES string of the molecule is CC(C)=CCC/C(C)=C/COc1cc(=O)oc2cccc(C)c12. The molecule has 0 aliphatic carbocycles. The van der Waals surface area contributed by atoms with Crippen molar-refractivity contribution in [2.75, 3.05) is 6.61 Å². The van der Waals surface area contributed by atoms with Gasteiger partial charge in [-0.2, -0.15) is 0 Å². The van der Waals surface area contributed by atoms with E-state index < -0.39 is 0 Å². The molecule has 2 rings (SSSR count). The highest BCUT2D eigenvalue weighted by molar-refractivity contribution is 5.86. The smallest absolute Gasteiger partial charge is 0.339 e. The van der Waals surface area contributed by atoms with Gasteiger partial charge in [0.1, 0.15) is 17.9 Å². The van der Waals surface area contributed by atoms with Crippen LogP contribution in [0.5, 0.6) is 5.75 Å². The molecule has 3 nitrogen and oxygen atoms in total. The van der Waals surface area contributed by atoms with Gasteiger partial charge in [0.25, 0.3) is 0 Å². The number of hydrogen-bond donors (Lipinski definition) is 0. The van der Waals surface area contributed by atoms with Gasteiger partial charge in [0.05, 0.1) is 11.5 Å². The second kappa shape index (κ2) is 7.82. The van der Waals surface area contributed by atoms with Crippen LogP contribution in [0.3, 0.4) is 0 Å². The van der Waals surface area contributed by atoms with E-state index in [9.17, 15) is 4.79 Å².